The third-order valence-electron chi connectivity index (χ3n) is 5.20. The lowest BCUT2D eigenvalue weighted by Gasteiger charge is -2.32. The Hall–Kier alpha value is -3.30. The molecular weight excluding hydrogens is 412 g/mol. The molecule has 2 aromatic rings. The summed E-state index contributed by atoms with van der Waals surface area (Å²) in [6.07, 6.45) is 5.18. The Morgan fingerprint density at radius 1 is 1.28 bits per heavy atom. The summed E-state index contributed by atoms with van der Waals surface area (Å²) in [6, 6.07) is 7.57. The number of aliphatic imine (C=N–C) groups is 1. The van der Waals surface area contributed by atoms with E-state index in [-0.39, 0.29) is 18.8 Å². The van der Waals surface area contributed by atoms with Crippen molar-refractivity contribution in [3.05, 3.63) is 59.8 Å². The van der Waals surface area contributed by atoms with E-state index in [0.717, 1.165) is 11.3 Å². The van der Waals surface area contributed by atoms with E-state index in [2.05, 4.69) is 9.98 Å². The Balaban J connectivity index is 2.17. The van der Waals surface area contributed by atoms with E-state index in [0.29, 0.717) is 24.6 Å². The van der Waals surface area contributed by atoms with Gasteiger partial charge in [0.15, 0.2) is 0 Å². The zero-order valence-electron chi connectivity index (χ0n) is 18.5. The highest BCUT2D eigenvalue weighted by atomic mass is 16.5. The first-order valence-corrected chi connectivity index (χ1v) is 10.4. The Bertz CT molecular complexity index is 1010. The van der Waals surface area contributed by atoms with Gasteiger partial charge in [0.25, 0.3) is 0 Å². The normalized spacial score (nSPS) is 18.3. The quantitative estimate of drug-likeness (QED) is 0.468. The third-order valence-corrected chi connectivity index (χ3v) is 5.20. The van der Waals surface area contributed by atoms with Gasteiger partial charge in [0, 0.05) is 36.3 Å². The van der Waals surface area contributed by atoms with Gasteiger partial charge in [0.1, 0.15) is 5.92 Å². The summed E-state index contributed by atoms with van der Waals surface area (Å²) in [4.78, 5) is 34.6. The molecule has 0 amide bonds. The first-order chi connectivity index (χ1) is 15.5. The van der Waals surface area contributed by atoms with Crippen molar-refractivity contribution in [3.63, 3.8) is 0 Å². The molecule has 32 heavy (non-hydrogen) atoms. The summed E-state index contributed by atoms with van der Waals surface area (Å²) in [7, 11) is 1.32. The molecule has 1 aromatic carbocycles. The molecule has 9 heteroatoms. The molecule has 0 fully saturated rings. The molecule has 3 rings (SSSR count). The Kier molecular flexibility index (Phi) is 7.91. The van der Waals surface area contributed by atoms with Crippen LogP contribution in [-0.4, -0.2) is 60.7 Å². The summed E-state index contributed by atoms with van der Waals surface area (Å²) < 4.78 is 17.9. The van der Waals surface area contributed by atoms with E-state index < -0.39 is 23.8 Å². The van der Waals surface area contributed by atoms with Gasteiger partial charge < -0.3 is 24.5 Å². The van der Waals surface area contributed by atoms with Crippen molar-refractivity contribution in [2.45, 2.75) is 19.8 Å². The van der Waals surface area contributed by atoms with E-state index in [1.54, 1.807) is 26.4 Å². The topological polar surface area (TPSA) is 118 Å². The van der Waals surface area contributed by atoms with Crippen LogP contribution in [0.5, 0.6) is 0 Å². The number of aromatic nitrogens is 2. The van der Waals surface area contributed by atoms with Crippen LogP contribution in [0.25, 0.3) is 5.69 Å². The number of hydrogen-bond acceptors (Lipinski definition) is 8. The van der Waals surface area contributed by atoms with Crippen LogP contribution in [0.4, 0.5) is 0 Å². The van der Waals surface area contributed by atoms with Gasteiger partial charge in [-0.3, -0.25) is 9.79 Å². The number of ether oxygens (including phenoxy) is 3. The standard InChI is InChI=1S/C23H28N4O5/c1-4-32-23(29)21-18(13-31-11-8-24)26-15(2)19(22(28)30-3)20(21)16-6-5-7-17(12-16)27-10-9-25-14-27/h5-7,9-10,12,14,19-20H,4,8,11,13,24H2,1-3H3. The number of methoxy groups -OCH3 is 1. The fourth-order valence-electron chi connectivity index (χ4n) is 3.83. The fraction of sp³-hybridized carbons (Fsp3) is 0.391. The molecule has 0 spiro atoms. The van der Waals surface area contributed by atoms with Crippen LogP contribution in [-0.2, 0) is 23.8 Å². The second kappa shape index (κ2) is 10.8. The number of carbonyl (C=O) groups excluding carboxylic acids is 2. The third kappa shape index (κ3) is 4.95. The monoisotopic (exact) mass is 440 g/mol. The van der Waals surface area contributed by atoms with Gasteiger partial charge in [-0.25, -0.2) is 9.78 Å². The van der Waals surface area contributed by atoms with Gasteiger partial charge in [-0.05, 0) is 31.5 Å². The minimum absolute atomic E-state index is 0.0777. The molecule has 0 bridgehead atoms. The number of esters is 2. The number of nitrogens with two attached hydrogens (primary N) is 1. The van der Waals surface area contributed by atoms with Crippen molar-refractivity contribution in [2.75, 3.05) is 33.5 Å². The number of carbonyl (C=O) groups is 2. The first-order valence-electron chi connectivity index (χ1n) is 10.4. The maximum atomic E-state index is 13.1. The van der Waals surface area contributed by atoms with E-state index in [9.17, 15) is 9.59 Å². The molecule has 0 aliphatic carbocycles. The van der Waals surface area contributed by atoms with Crippen LogP contribution < -0.4 is 5.73 Å². The van der Waals surface area contributed by atoms with Crippen molar-refractivity contribution in [1.82, 2.24) is 9.55 Å². The number of rotatable bonds is 9. The van der Waals surface area contributed by atoms with Crippen molar-refractivity contribution in [1.29, 1.82) is 0 Å². The highest BCUT2D eigenvalue weighted by Crippen LogP contribution is 2.40. The predicted molar refractivity (Wildman–Crippen MR) is 118 cm³/mol. The van der Waals surface area contributed by atoms with Gasteiger partial charge in [0.05, 0.1) is 44.5 Å². The molecule has 2 heterocycles. The number of benzene rings is 1. The first kappa shape index (κ1) is 23.4. The minimum Gasteiger partial charge on any atom is -0.468 e. The Labute approximate surface area is 186 Å². The van der Waals surface area contributed by atoms with Crippen molar-refractivity contribution in [2.24, 2.45) is 16.6 Å². The zero-order chi connectivity index (χ0) is 23.1. The number of imidazole rings is 1. The SMILES string of the molecule is CCOC(=O)C1=C(COCCN)N=C(C)C(C(=O)OC)C1c1cccc(-n2ccnc2)c1. The summed E-state index contributed by atoms with van der Waals surface area (Å²) in [5.74, 6) is -2.45. The molecule has 1 aromatic heterocycles. The smallest absolute Gasteiger partial charge is 0.336 e. The molecule has 0 saturated carbocycles. The lowest BCUT2D eigenvalue weighted by atomic mass is 9.75. The summed E-state index contributed by atoms with van der Waals surface area (Å²) in [6.45, 7) is 4.40. The van der Waals surface area contributed by atoms with Crippen LogP contribution in [0, 0.1) is 5.92 Å². The molecule has 170 valence electrons. The summed E-state index contributed by atoms with van der Waals surface area (Å²) >= 11 is 0. The molecule has 2 atom stereocenters. The van der Waals surface area contributed by atoms with Crippen molar-refractivity contribution >= 4 is 17.7 Å². The van der Waals surface area contributed by atoms with E-state index in [4.69, 9.17) is 19.9 Å². The van der Waals surface area contributed by atoms with Crippen LogP contribution in [0.15, 0.2) is 59.2 Å². The number of hydrogen-bond donors (Lipinski definition) is 1. The molecule has 0 radical (unpaired) electrons. The fourth-order valence-corrected chi connectivity index (χ4v) is 3.83. The minimum atomic E-state index is -0.782. The predicted octanol–water partition coefficient (Wildman–Crippen LogP) is 2.01. The maximum absolute atomic E-state index is 13.1. The molecule has 1 aliphatic rings. The van der Waals surface area contributed by atoms with E-state index >= 15 is 0 Å². The average molecular weight is 441 g/mol. The lowest BCUT2D eigenvalue weighted by Crippen LogP contribution is -2.37. The highest BCUT2D eigenvalue weighted by molar-refractivity contribution is 6.07. The molecule has 2 N–H and O–H groups in total. The van der Waals surface area contributed by atoms with Crippen LogP contribution in [0.3, 0.4) is 0 Å². The summed E-state index contributed by atoms with van der Waals surface area (Å²) in [5.41, 5.74) is 8.37. The second-order valence-electron chi connectivity index (χ2n) is 7.22. The van der Waals surface area contributed by atoms with Crippen molar-refractivity contribution in [3.8, 4) is 5.69 Å². The maximum Gasteiger partial charge on any atom is 0.336 e. The largest absolute Gasteiger partial charge is 0.468 e. The Morgan fingerprint density at radius 2 is 2.09 bits per heavy atom. The highest BCUT2D eigenvalue weighted by Gasteiger charge is 2.43. The van der Waals surface area contributed by atoms with Crippen LogP contribution >= 0.6 is 0 Å². The van der Waals surface area contributed by atoms with Crippen LogP contribution in [0.1, 0.15) is 25.3 Å². The van der Waals surface area contributed by atoms with E-state index in [1.807, 2.05) is 35.0 Å². The Morgan fingerprint density at radius 3 is 2.75 bits per heavy atom. The van der Waals surface area contributed by atoms with Gasteiger partial charge in [-0.15, -0.1) is 0 Å². The summed E-state index contributed by atoms with van der Waals surface area (Å²) in [5, 5.41) is 0. The van der Waals surface area contributed by atoms with E-state index in [1.165, 1.54) is 7.11 Å². The van der Waals surface area contributed by atoms with Gasteiger partial charge in [-0.2, -0.15) is 0 Å². The molecule has 2 unspecified atom stereocenters. The van der Waals surface area contributed by atoms with Gasteiger partial charge in [-0.1, -0.05) is 12.1 Å². The van der Waals surface area contributed by atoms with Crippen LogP contribution in [0.2, 0.25) is 0 Å². The van der Waals surface area contributed by atoms with Gasteiger partial charge >= 0.3 is 11.9 Å². The average Bonchev–Trinajstić information content (AvgIpc) is 3.33. The molecule has 1 aliphatic heterocycles. The molecular formula is C23H28N4O5. The zero-order valence-corrected chi connectivity index (χ0v) is 18.5. The van der Waals surface area contributed by atoms with Gasteiger partial charge in [0.2, 0.25) is 0 Å². The molecule has 0 saturated heterocycles. The lowest BCUT2D eigenvalue weighted by molar-refractivity contribution is -0.144. The second-order valence-corrected chi connectivity index (χ2v) is 7.22. The van der Waals surface area contributed by atoms with Crippen molar-refractivity contribution < 1.29 is 23.8 Å². The molecule has 9 nitrogen and oxygen atoms in total. The number of nitrogens with zero attached hydrogens (tertiary/aromatic N) is 3.